The summed E-state index contributed by atoms with van der Waals surface area (Å²) in [6.45, 7) is 7.69. The van der Waals surface area contributed by atoms with Gasteiger partial charge in [-0.05, 0) is 24.9 Å². The minimum absolute atomic E-state index is 0.489. The van der Waals surface area contributed by atoms with E-state index in [1.54, 1.807) is 6.33 Å². The predicted molar refractivity (Wildman–Crippen MR) is 80.2 cm³/mol. The van der Waals surface area contributed by atoms with Gasteiger partial charge in [0.1, 0.15) is 6.33 Å². The molecule has 0 fully saturated rings. The van der Waals surface area contributed by atoms with Crippen molar-refractivity contribution in [3.05, 3.63) is 36.3 Å². The van der Waals surface area contributed by atoms with Gasteiger partial charge in [-0.2, -0.15) is 0 Å². The Labute approximate surface area is 115 Å². The topological polar surface area (TPSA) is 37.8 Å². The summed E-state index contributed by atoms with van der Waals surface area (Å²) in [5.74, 6) is 0.692. The second kappa shape index (κ2) is 6.62. The first kappa shape index (κ1) is 13.9. The summed E-state index contributed by atoms with van der Waals surface area (Å²) in [5, 5.41) is 4.74. The first-order chi connectivity index (χ1) is 9.20. The molecule has 1 aromatic heterocycles. The van der Waals surface area contributed by atoms with Crippen LogP contribution < -0.4 is 5.32 Å². The van der Waals surface area contributed by atoms with Crippen LogP contribution in [0.25, 0.3) is 10.9 Å². The van der Waals surface area contributed by atoms with Crippen LogP contribution in [0.4, 0.5) is 0 Å². The summed E-state index contributed by atoms with van der Waals surface area (Å²) in [6, 6.07) is 8.73. The fraction of sp³-hybridized carbons (Fsp3) is 0.500. The number of fused-ring (bicyclic) bond motifs is 1. The zero-order valence-electron chi connectivity index (χ0n) is 12.1. The highest BCUT2D eigenvalue weighted by molar-refractivity contribution is 5.80. The molecule has 3 heteroatoms. The van der Waals surface area contributed by atoms with Crippen molar-refractivity contribution >= 4 is 10.9 Å². The number of hydrogen-bond donors (Lipinski definition) is 1. The lowest BCUT2D eigenvalue weighted by molar-refractivity contribution is 0.422. The largest absolute Gasteiger partial charge is 0.314 e. The standard InChI is InChI=1S/C16H23N3/c1-4-17-13(9-12(2)3)10-16-14-7-5-6-8-15(14)18-11-19-16/h5-8,11-13,17H,4,9-10H2,1-3H3. The quantitative estimate of drug-likeness (QED) is 0.863. The molecular formula is C16H23N3. The third kappa shape index (κ3) is 3.74. The summed E-state index contributed by atoms with van der Waals surface area (Å²) in [6.07, 6.45) is 3.82. The molecule has 0 aliphatic carbocycles. The van der Waals surface area contributed by atoms with Crippen LogP contribution in [0.2, 0.25) is 0 Å². The molecule has 0 saturated heterocycles. The van der Waals surface area contributed by atoms with E-state index in [4.69, 9.17) is 0 Å². The highest BCUT2D eigenvalue weighted by Gasteiger charge is 2.13. The van der Waals surface area contributed by atoms with Gasteiger partial charge in [0.15, 0.2) is 0 Å². The molecule has 0 bridgehead atoms. The molecule has 0 amide bonds. The van der Waals surface area contributed by atoms with Gasteiger partial charge in [-0.3, -0.25) is 0 Å². The van der Waals surface area contributed by atoms with Gasteiger partial charge in [0.2, 0.25) is 0 Å². The van der Waals surface area contributed by atoms with E-state index >= 15 is 0 Å². The highest BCUT2D eigenvalue weighted by atomic mass is 14.9. The number of nitrogens with one attached hydrogen (secondary N) is 1. The van der Waals surface area contributed by atoms with Crippen LogP contribution >= 0.6 is 0 Å². The van der Waals surface area contributed by atoms with Crippen molar-refractivity contribution in [2.45, 2.75) is 39.7 Å². The zero-order valence-corrected chi connectivity index (χ0v) is 12.1. The number of para-hydroxylation sites is 1. The number of hydrogen-bond acceptors (Lipinski definition) is 3. The minimum Gasteiger partial charge on any atom is -0.314 e. The first-order valence-corrected chi connectivity index (χ1v) is 7.12. The van der Waals surface area contributed by atoms with Crippen molar-refractivity contribution in [2.75, 3.05) is 6.54 Å². The molecule has 3 nitrogen and oxygen atoms in total. The average Bonchev–Trinajstić information content (AvgIpc) is 2.39. The molecule has 1 heterocycles. The maximum absolute atomic E-state index is 4.49. The third-order valence-corrected chi connectivity index (χ3v) is 3.31. The second-order valence-corrected chi connectivity index (χ2v) is 5.43. The second-order valence-electron chi connectivity index (χ2n) is 5.43. The van der Waals surface area contributed by atoms with Crippen LogP contribution in [0, 0.1) is 5.92 Å². The van der Waals surface area contributed by atoms with Gasteiger partial charge in [0, 0.05) is 17.8 Å². The smallest absolute Gasteiger partial charge is 0.116 e. The molecule has 19 heavy (non-hydrogen) atoms. The Hall–Kier alpha value is -1.48. The van der Waals surface area contributed by atoms with Crippen molar-refractivity contribution in [1.82, 2.24) is 15.3 Å². The Morgan fingerprint density at radius 2 is 1.95 bits per heavy atom. The number of nitrogens with zero attached hydrogens (tertiary/aromatic N) is 2. The van der Waals surface area contributed by atoms with Gasteiger partial charge in [-0.1, -0.05) is 39.0 Å². The summed E-state index contributed by atoms with van der Waals surface area (Å²) in [4.78, 5) is 8.81. The van der Waals surface area contributed by atoms with Crippen LogP contribution in [0.1, 0.15) is 32.9 Å². The Kier molecular flexibility index (Phi) is 4.86. The van der Waals surface area contributed by atoms with E-state index in [2.05, 4.69) is 48.2 Å². The van der Waals surface area contributed by atoms with Gasteiger partial charge >= 0.3 is 0 Å². The van der Waals surface area contributed by atoms with E-state index in [0.29, 0.717) is 12.0 Å². The fourth-order valence-electron chi connectivity index (χ4n) is 2.55. The first-order valence-electron chi connectivity index (χ1n) is 7.12. The number of likely N-dealkylation sites (N-methyl/N-ethyl adjacent to an activating group) is 1. The van der Waals surface area contributed by atoms with Crippen molar-refractivity contribution in [2.24, 2.45) is 5.92 Å². The van der Waals surface area contributed by atoms with Crippen molar-refractivity contribution in [3.8, 4) is 0 Å². The van der Waals surface area contributed by atoms with Crippen LogP contribution in [0.15, 0.2) is 30.6 Å². The summed E-state index contributed by atoms with van der Waals surface area (Å²) < 4.78 is 0. The summed E-state index contributed by atoms with van der Waals surface area (Å²) in [7, 11) is 0. The monoisotopic (exact) mass is 257 g/mol. The number of rotatable bonds is 6. The Bertz CT molecular complexity index is 517. The summed E-state index contributed by atoms with van der Waals surface area (Å²) in [5.41, 5.74) is 2.18. The molecule has 0 saturated carbocycles. The molecule has 2 aromatic rings. The highest BCUT2D eigenvalue weighted by Crippen LogP contribution is 2.17. The van der Waals surface area contributed by atoms with Gasteiger partial charge < -0.3 is 5.32 Å². The van der Waals surface area contributed by atoms with Crippen LogP contribution in [-0.2, 0) is 6.42 Å². The molecule has 1 aromatic carbocycles. The maximum Gasteiger partial charge on any atom is 0.116 e. The van der Waals surface area contributed by atoms with Crippen molar-refractivity contribution in [1.29, 1.82) is 0 Å². The van der Waals surface area contributed by atoms with Gasteiger partial charge in [-0.25, -0.2) is 9.97 Å². The molecule has 1 unspecified atom stereocenters. The molecular weight excluding hydrogens is 234 g/mol. The predicted octanol–water partition coefficient (Wildman–Crippen LogP) is 3.20. The average molecular weight is 257 g/mol. The molecule has 1 N–H and O–H groups in total. The van der Waals surface area contributed by atoms with E-state index in [0.717, 1.165) is 24.2 Å². The van der Waals surface area contributed by atoms with E-state index in [9.17, 15) is 0 Å². The Balaban J connectivity index is 2.23. The molecule has 0 spiro atoms. The molecule has 2 rings (SSSR count). The Morgan fingerprint density at radius 3 is 2.68 bits per heavy atom. The lowest BCUT2D eigenvalue weighted by Crippen LogP contribution is -2.32. The molecule has 0 aliphatic heterocycles. The van der Waals surface area contributed by atoms with E-state index in [-0.39, 0.29) is 0 Å². The lowest BCUT2D eigenvalue weighted by atomic mass is 9.98. The molecule has 0 aliphatic rings. The maximum atomic E-state index is 4.49. The zero-order chi connectivity index (χ0) is 13.7. The van der Waals surface area contributed by atoms with E-state index in [1.165, 1.54) is 11.8 Å². The Morgan fingerprint density at radius 1 is 1.16 bits per heavy atom. The third-order valence-electron chi connectivity index (χ3n) is 3.31. The van der Waals surface area contributed by atoms with Crippen molar-refractivity contribution in [3.63, 3.8) is 0 Å². The minimum atomic E-state index is 0.489. The van der Waals surface area contributed by atoms with E-state index < -0.39 is 0 Å². The molecule has 102 valence electrons. The SMILES string of the molecule is CCNC(Cc1ncnc2ccccc12)CC(C)C. The number of benzene rings is 1. The van der Waals surface area contributed by atoms with Crippen LogP contribution in [0.3, 0.4) is 0 Å². The van der Waals surface area contributed by atoms with Crippen LogP contribution in [-0.4, -0.2) is 22.6 Å². The molecule has 0 radical (unpaired) electrons. The fourth-order valence-corrected chi connectivity index (χ4v) is 2.55. The van der Waals surface area contributed by atoms with Gasteiger partial charge in [-0.15, -0.1) is 0 Å². The summed E-state index contributed by atoms with van der Waals surface area (Å²) >= 11 is 0. The van der Waals surface area contributed by atoms with Gasteiger partial charge in [0.05, 0.1) is 11.2 Å². The number of aromatic nitrogens is 2. The van der Waals surface area contributed by atoms with E-state index in [1.807, 2.05) is 12.1 Å². The van der Waals surface area contributed by atoms with Crippen LogP contribution in [0.5, 0.6) is 0 Å². The normalized spacial score (nSPS) is 13.1. The molecule has 1 atom stereocenters. The lowest BCUT2D eigenvalue weighted by Gasteiger charge is -2.20. The van der Waals surface area contributed by atoms with Gasteiger partial charge in [0.25, 0.3) is 0 Å². The van der Waals surface area contributed by atoms with Crippen molar-refractivity contribution < 1.29 is 0 Å².